The summed E-state index contributed by atoms with van der Waals surface area (Å²) in [6.07, 6.45) is 5.71. The van der Waals surface area contributed by atoms with Gasteiger partial charge in [-0.15, -0.1) is 0 Å². The highest BCUT2D eigenvalue weighted by atomic mass is 16.5. The van der Waals surface area contributed by atoms with E-state index < -0.39 is 0 Å². The molecular formula is C24H35N5O2. The zero-order chi connectivity index (χ0) is 22.6. The summed E-state index contributed by atoms with van der Waals surface area (Å²) in [5, 5.41) is 3.02. The predicted molar refractivity (Wildman–Crippen MR) is 123 cm³/mol. The Balaban J connectivity index is 1.86. The first-order chi connectivity index (χ1) is 14.7. The largest absolute Gasteiger partial charge is 0.493 e. The molecule has 2 aromatic heterocycles. The van der Waals surface area contributed by atoms with Crippen molar-refractivity contribution in [1.82, 2.24) is 20.3 Å². The summed E-state index contributed by atoms with van der Waals surface area (Å²) in [7, 11) is 1.91. The van der Waals surface area contributed by atoms with Crippen LogP contribution in [0.2, 0.25) is 0 Å². The highest BCUT2D eigenvalue weighted by Crippen LogP contribution is 2.31. The summed E-state index contributed by atoms with van der Waals surface area (Å²) in [5.74, 6) is 2.63. The van der Waals surface area contributed by atoms with Crippen LogP contribution in [0.3, 0.4) is 0 Å². The van der Waals surface area contributed by atoms with Crippen molar-refractivity contribution in [2.45, 2.75) is 65.8 Å². The number of aryl methyl sites for hydroxylation is 1. The Labute approximate surface area is 185 Å². The standard InChI is InChI=1S/C24H35N5O2/c1-7-16(2)15-31-17-11-12-25-20(13-17)22-26-19-10-8-9-18(19)23(27-22)29(6)14-21(30)28-24(3,4)5/h11-13,16H,7-10,14-15H2,1-6H3,(H,28,30). The molecule has 0 aliphatic heterocycles. The molecule has 0 bridgehead atoms. The lowest BCUT2D eigenvalue weighted by atomic mass is 10.1. The van der Waals surface area contributed by atoms with Crippen LogP contribution in [0.4, 0.5) is 5.82 Å². The van der Waals surface area contributed by atoms with E-state index in [1.54, 1.807) is 6.20 Å². The van der Waals surface area contributed by atoms with Gasteiger partial charge < -0.3 is 15.0 Å². The van der Waals surface area contributed by atoms with E-state index in [0.717, 1.165) is 48.5 Å². The molecule has 1 N–H and O–H groups in total. The molecule has 31 heavy (non-hydrogen) atoms. The van der Waals surface area contributed by atoms with Crippen molar-refractivity contribution in [2.24, 2.45) is 5.92 Å². The Morgan fingerprint density at radius 2 is 2.06 bits per heavy atom. The van der Waals surface area contributed by atoms with Crippen molar-refractivity contribution in [3.63, 3.8) is 0 Å². The molecule has 1 unspecified atom stereocenters. The lowest BCUT2D eigenvalue weighted by molar-refractivity contribution is -0.121. The zero-order valence-electron chi connectivity index (χ0n) is 19.7. The summed E-state index contributed by atoms with van der Waals surface area (Å²) < 4.78 is 5.93. The maximum atomic E-state index is 12.5. The molecule has 0 saturated heterocycles. The van der Waals surface area contributed by atoms with Gasteiger partial charge in [0.25, 0.3) is 0 Å². The van der Waals surface area contributed by atoms with Gasteiger partial charge in [0.2, 0.25) is 5.91 Å². The minimum absolute atomic E-state index is 0.0273. The molecule has 0 spiro atoms. The molecule has 7 heteroatoms. The number of hydrogen-bond donors (Lipinski definition) is 1. The number of anilines is 1. The fourth-order valence-corrected chi connectivity index (χ4v) is 3.57. The number of amides is 1. The number of likely N-dealkylation sites (N-methyl/N-ethyl adjacent to an activating group) is 1. The van der Waals surface area contributed by atoms with Crippen molar-refractivity contribution < 1.29 is 9.53 Å². The van der Waals surface area contributed by atoms with E-state index >= 15 is 0 Å². The van der Waals surface area contributed by atoms with Crippen molar-refractivity contribution in [3.8, 4) is 17.3 Å². The summed E-state index contributed by atoms with van der Waals surface area (Å²) >= 11 is 0. The first-order valence-corrected chi connectivity index (χ1v) is 11.2. The van der Waals surface area contributed by atoms with E-state index in [1.165, 1.54) is 0 Å². The maximum absolute atomic E-state index is 12.5. The molecule has 1 aliphatic carbocycles. The number of ether oxygens (including phenoxy) is 1. The molecule has 0 radical (unpaired) electrons. The highest BCUT2D eigenvalue weighted by Gasteiger charge is 2.24. The third kappa shape index (κ3) is 6.15. The lowest BCUT2D eigenvalue weighted by Gasteiger charge is -2.25. The van der Waals surface area contributed by atoms with Gasteiger partial charge in [-0.1, -0.05) is 20.3 Å². The Bertz CT molecular complexity index is 923. The molecule has 2 aromatic rings. The van der Waals surface area contributed by atoms with Crippen molar-refractivity contribution in [3.05, 3.63) is 29.6 Å². The molecule has 0 saturated carbocycles. The number of hydrogen-bond acceptors (Lipinski definition) is 6. The van der Waals surface area contributed by atoms with Crippen molar-refractivity contribution in [1.29, 1.82) is 0 Å². The number of carbonyl (C=O) groups excluding carboxylic acids is 1. The van der Waals surface area contributed by atoms with E-state index in [1.807, 2.05) is 44.9 Å². The molecule has 1 aliphatic rings. The van der Waals surface area contributed by atoms with Gasteiger partial charge in [-0.3, -0.25) is 9.78 Å². The van der Waals surface area contributed by atoms with Crippen molar-refractivity contribution >= 4 is 11.7 Å². The minimum atomic E-state index is -0.268. The van der Waals surface area contributed by atoms with Gasteiger partial charge in [-0.2, -0.15) is 0 Å². The fourth-order valence-electron chi connectivity index (χ4n) is 3.57. The number of carbonyl (C=O) groups is 1. The smallest absolute Gasteiger partial charge is 0.239 e. The molecular weight excluding hydrogens is 390 g/mol. The van der Waals surface area contributed by atoms with E-state index in [4.69, 9.17) is 14.7 Å². The van der Waals surface area contributed by atoms with E-state index in [9.17, 15) is 4.79 Å². The third-order valence-corrected chi connectivity index (χ3v) is 5.36. The summed E-state index contributed by atoms with van der Waals surface area (Å²) in [6.45, 7) is 11.2. The average molecular weight is 426 g/mol. The second kappa shape index (κ2) is 9.62. The van der Waals surface area contributed by atoms with Crippen LogP contribution in [-0.4, -0.2) is 46.6 Å². The van der Waals surface area contributed by atoms with E-state index in [0.29, 0.717) is 24.0 Å². The Hall–Kier alpha value is -2.70. The van der Waals surface area contributed by atoms with E-state index in [2.05, 4.69) is 24.1 Å². The minimum Gasteiger partial charge on any atom is -0.493 e. The van der Waals surface area contributed by atoms with Gasteiger partial charge in [0.1, 0.15) is 17.3 Å². The number of fused-ring (bicyclic) bond motifs is 1. The molecule has 2 heterocycles. The second-order valence-corrected chi connectivity index (χ2v) is 9.51. The molecule has 0 aromatic carbocycles. The SMILES string of the molecule is CCC(C)COc1ccnc(-c2nc3c(c(N(C)CC(=O)NC(C)(C)C)n2)CCC3)c1. The number of aromatic nitrogens is 3. The monoisotopic (exact) mass is 425 g/mol. The number of nitrogens with one attached hydrogen (secondary N) is 1. The predicted octanol–water partition coefficient (Wildman–Crippen LogP) is 3.80. The average Bonchev–Trinajstić information content (AvgIpc) is 3.18. The van der Waals surface area contributed by atoms with Crippen LogP contribution in [0.5, 0.6) is 5.75 Å². The zero-order valence-corrected chi connectivity index (χ0v) is 19.7. The first kappa shape index (κ1) is 23.0. The molecule has 1 atom stereocenters. The molecule has 1 amide bonds. The third-order valence-electron chi connectivity index (χ3n) is 5.36. The van der Waals surface area contributed by atoms with Gasteiger partial charge in [-0.25, -0.2) is 9.97 Å². The van der Waals surface area contributed by atoms with Gasteiger partial charge in [0, 0.05) is 36.1 Å². The van der Waals surface area contributed by atoms with Crippen LogP contribution in [-0.2, 0) is 17.6 Å². The molecule has 7 nitrogen and oxygen atoms in total. The normalized spacial score (nSPS) is 14.1. The fraction of sp³-hybridized carbons (Fsp3) is 0.583. The van der Waals surface area contributed by atoms with Crippen LogP contribution >= 0.6 is 0 Å². The summed E-state index contributed by atoms with van der Waals surface area (Å²) in [4.78, 5) is 28.5. The van der Waals surface area contributed by atoms with Gasteiger partial charge in [-0.05, 0) is 52.0 Å². The highest BCUT2D eigenvalue weighted by molar-refractivity contribution is 5.82. The molecule has 3 rings (SSSR count). The Kier molecular flexibility index (Phi) is 7.13. The van der Waals surface area contributed by atoms with Crippen LogP contribution in [0.15, 0.2) is 18.3 Å². The maximum Gasteiger partial charge on any atom is 0.239 e. The van der Waals surface area contributed by atoms with Crippen LogP contribution in [0.25, 0.3) is 11.5 Å². The number of pyridine rings is 1. The Morgan fingerprint density at radius 1 is 1.29 bits per heavy atom. The van der Waals surface area contributed by atoms with Gasteiger partial charge in [0.05, 0.1) is 13.2 Å². The topological polar surface area (TPSA) is 80.2 Å². The van der Waals surface area contributed by atoms with Gasteiger partial charge in [0.15, 0.2) is 5.82 Å². The number of rotatable bonds is 8. The quantitative estimate of drug-likeness (QED) is 0.693. The molecule has 0 fully saturated rings. The van der Waals surface area contributed by atoms with Crippen LogP contribution in [0, 0.1) is 5.92 Å². The Morgan fingerprint density at radius 3 is 2.77 bits per heavy atom. The molecule has 168 valence electrons. The van der Waals surface area contributed by atoms with Crippen LogP contribution in [0.1, 0.15) is 58.7 Å². The number of nitrogens with zero attached hydrogens (tertiary/aromatic N) is 4. The van der Waals surface area contributed by atoms with Crippen LogP contribution < -0.4 is 15.0 Å². The van der Waals surface area contributed by atoms with Crippen molar-refractivity contribution in [2.75, 3.05) is 25.1 Å². The first-order valence-electron chi connectivity index (χ1n) is 11.2. The lowest BCUT2D eigenvalue weighted by Crippen LogP contribution is -2.45. The second-order valence-electron chi connectivity index (χ2n) is 9.51. The summed E-state index contributed by atoms with van der Waals surface area (Å²) in [5.41, 5.74) is 2.61. The van der Waals surface area contributed by atoms with Gasteiger partial charge >= 0.3 is 0 Å². The summed E-state index contributed by atoms with van der Waals surface area (Å²) in [6, 6.07) is 3.76. The van der Waals surface area contributed by atoms with E-state index in [-0.39, 0.29) is 18.0 Å².